The van der Waals surface area contributed by atoms with Crippen molar-refractivity contribution >= 4 is 21.9 Å². The van der Waals surface area contributed by atoms with Crippen LogP contribution in [-0.2, 0) is 24.3 Å². The summed E-state index contributed by atoms with van der Waals surface area (Å²) in [5.41, 5.74) is 1.38. The average Bonchev–Trinajstić information content (AvgIpc) is 2.51. The second kappa shape index (κ2) is 8.64. The lowest BCUT2D eigenvalue weighted by Crippen LogP contribution is -2.34. The molecule has 1 aromatic rings. The highest BCUT2D eigenvalue weighted by Crippen LogP contribution is 2.16. The lowest BCUT2D eigenvalue weighted by atomic mass is 10.2. The van der Waals surface area contributed by atoms with Crippen molar-refractivity contribution in [2.24, 2.45) is 0 Å². The number of esters is 1. The maximum absolute atomic E-state index is 12.2. The monoisotopic (exact) mass is 342 g/mol. The predicted molar refractivity (Wildman–Crippen MR) is 85.4 cm³/mol. The van der Waals surface area contributed by atoms with Crippen molar-refractivity contribution in [1.82, 2.24) is 10.0 Å². The van der Waals surface area contributed by atoms with Gasteiger partial charge in [-0.05, 0) is 37.5 Å². The highest BCUT2D eigenvalue weighted by molar-refractivity contribution is 7.89. The number of nitrogens with one attached hydrogen (secondary N) is 2. The zero-order valence-corrected chi connectivity index (χ0v) is 14.3. The van der Waals surface area contributed by atoms with Crippen LogP contribution in [0.4, 0.5) is 0 Å². The first kappa shape index (κ1) is 19.1. The van der Waals surface area contributed by atoms with Gasteiger partial charge >= 0.3 is 5.97 Å². The molecular formula is C15H22N2O5S. The van der Waals surface area contributed by atoms with Crippen LogP contribution in [0, 0.1) is 13.8 Å². The van der Waals surface area contributed by atoms with E-state index in [0.717, 1.165) is 12.0 Å². The molecule has 128 valence electrons. The lowest BCUT2D eigenvalue weighted by Gasteiger charge is -2.10. The van der Waals surface area contributed by atoms with Crippen molar-refractivity contribution in [3.63, 3.8) is 0 Å². The molecule has 1 aromatic carbocycles. The summed E-state index contributed by atoms with van der Waals surface area (Å²) in [6.45, 7) is 4.89. The van der Waals surface area contributed by atoms with Crippen LogP contribution in [-0.4, -0.2) is 40.0 Å². The molecule has 0 radical (unpaired) electrons. The molecule has 1 rings (SSSR count). The third-order valence-electron chi connectivity index (χ3n) is 2.98. The summed E-state index contributed by atoms with van der Waals surface area (Å²) >= 11 is 0. The fourth-order valence-electron chi connectivity index (χ4n) is 1.74. The van der Waals surface area contributed by atoms with Gasteiger partial charge in [0.2, 0.25) is 10.0 Å². The minimum atomic E-state index is -3.81. The molecule has 7 nitrogen and oxygen atoms in total. The van der Waals surface area contributed by atoms with Gasteiger partial charge in [-0.1, -0.05) is 19.1 Å². The van der Waals surface area contributed by atoms with Gasteiger partial charge in [-0.25, -0.2) is 8.42 Å². The maximum atomic E-state index is 12.2. The Kier molecular flexibility index (Phi) is 7.18. The average molecular weight is 342 g/mol. The van der Waals surface area contributed by atoms with Crippen LogP contribution in [0.15, 0.2) is 23.1 Å². The van der Waals surface area contributed by atoms with Crippen LogP contribution in [0.3, 0.4) is 0 Å². The van der Waals surface area contributed by atoms with Gasteiger partial charge in [0, 0.05) is 6.54 Å². The summed E-state index contributed by atoms with van der Waals surface area (Å²) in [6, 6.07) is 5.03. The topological polar surface area (TPSA) is 102 Å². The number of benzene rings is 1. The molecule has 0 fully saturated rings. The molecule has 0 saturated heterocycles. The third kappa shape index (κ3) is 6.37. The first-order valence-electron chi connectivity index (χ1n) is 7.25. The lowest BCUT2D eigenvalue weighted by molar-refractivity contribution is -0.147. The fraction of sp³-hybridized carbons (Fsp3) is 0.467. The molecule has 23 heavy (non-hydrogen) atoms. The molecule has 0 aliphatic rings. The molecule has 0 bridgehead atoms. The number of ether oxygens (including phenoxy) is 1. The number of rotatable bonds is 8. The molecule has 0 atom stereocenters. The van der Waals surface area contributed by atoms with Gasteiger partial charge in [0.05, 0.1) is 4.90 Å². The second-order valence-corrected chi connectivity index (χ2v) is 6.84. The number of hydrogen-bond donors (Lipinski definition) is 2. The van der Waals surface area contributed by atoms with Crippen LogP contribution >= 0.6 is 0 Å². The van der Waals surface area contributed by atoms with Gasteiger partial charge in [0.1, 0.15) is 6.54 Å². The molecule has 0 saturated carbocycles. The Morgan fingerprint density at radius 1 is 1.22 bits per heavy atom. The van der Waals surface area contributed by atoms with E-state index in [0.29, 0.717) is 12.1 Å². The Morgan fingerprint density at radius 3 is 2.57 bits per heavy atom. The zero-order chi connectivity index (χ0) is 17.5. The third-order valence-corrected chi connectivity index (χ3v) is 4.52. The van der Waals surface area contributed by atoms with Gasteiger partial charge in [0.15, 0.2) is 6.61 Å². The Labute approximate surface area is 136 Å². The molecule has 8 heteroatoms. The van der Waals surface area contributed by atoms with Gasteiger partial charge in [-0.3, -0.25) is 9.59 Å². The van der Waals surface area contributed by atoms with Crippen molar-refractivity contribution in [2.75, 3.05) is 19.7 Å². The van der Waals surface area contributed by atoms with Gasteiger partial charge < -0.3 is 10.1 Å². The summed E-state index contributed by atoms with van der Waals surface area (Å²) in [5.74, 6) is -1.23. The smallest absolute Gasteiger partial charge is 0.321 e. The summed E-state index contributed by atoms with van der Waals surface area (Å²) in [4.78, 5) is 22.9. The quantitative estimate of drug-likeness (QED) is 0.676. The molecule has 0 spiro atoms. The number of carbonyl (C=O) groups excluding carboxylic acids is 2. The molecule has 0 aromatic heterocycles. The molecule has 0 unspecified atom stereocenters. The van der Waals surface area contributed by atoms with Crippen LogP contribution < -0.4 is 10.0 Å². The molecule has 0 aliphatic heterocycles. The van der Waals surface area contributed by atoms with Crippen LogP contribution in [0.5, 0.6) is 0 Å². The highest BCUT2D eigenvalue weighted by atomic mass is 32.2. The number of hydrogen-bond acceptors (Lipinski definition) is 5. The molecule has 0 aliphatic carbocycles. The number of sulfonamides is 1. The zero-order valence-electron chi connectivity index (χ0n) is 13.5. The molecular weight excluding hydrogens is 320 g/mol. The van der Waals surface area contributed by atoms with Crippen molar-refractivity contribution in [3.8, 4) is 0 Å². The number of carbonyl (C=O) groups is 2. The van der Waals surface area contributed by atoms with E-state index < -0.39 is 35.1 Å². The minimum absolute atomic E-state index is 0.117. The van der Waals surface area contributed by atoms with E-state index in [9.17, 15) is 18.0 Å². The largest absolute Gasteiger partial charge is 0.455 e. The Morgan fingerprint density at radius 2 is 1.91 bits per heavy atom. The second-order valence-electron chi connectivity index (χ2n) is 5.10. The summed E-state index contributed by atoms with van der Waals surface area (Å²) in [5, 5.41) is 2.54. The first-order valence-corrected chi connectivity index (χ1v) is 8.74. The number of aryl methyl sites for hydroxylation is 2. The van der Waals surface area contributed by atoms with E-state index >= 15 is 0 Å². The van der Waals surface area contributed by atoms with Crippen LogP contribution in [0.25, 0.3) is 0 Å². The molecule has 2 N–H and O–H groups in total. The van der Waals surface area contributed by atoms with E-state index in [1.165, 1.54) is 6.07 Å². The van der Waals surface area contributed by atoms with Crippen LogP contribution in [0.2, 0.25) is 0 Å². The Bertz CT molecular complexity index is 670. The SMILES string of the molecule is CCCNC(=O)COC(=O)CNS(=O)(=O)c1cc(C)ccc1C. The Balaban J connectivity index is 2.54. The van der Waals surface area contributed by atoms with Crippen LogP contribution in [0.1, 0.15) is 24.5 Å². The van der Waals surface area contributed by atoms with Gasteiger partial charge in [-0.15, -0.1) is 0 Å². The number of amides is 1. The first-order chi connectivity index (χ1) is 10.8. The van der Waals surface area contributed by atoms with Crippen molar-refractivity contribution in [1.29, 1.82) is 0 Å². The molecule has 0 heterocycles. The summed E-state index contributed by atoms with van der Waals surface area (Å²) in [6.07, 6.45) is 0.773. The van der Waals surface area contributed by atoms with E-state index in [-0.39, 0.29) is 4.90 Å². The standard InChI is InChI=1S/C15H22N2O5S/c1-4-7-16-14(18)10-22-15(19)9-17-23(20,21)13-8-11(2)5-6-12(13)3/h5-6,8,17H,4,7,9-10H2,1-3H3,(H,16,18). The maximum Gasteiger partial charge on any atom is 0.321 e. The van der Waals surface area contributed by atoms with E-state index in [4.69, 9.17) is 4.74 Å². The summed E-state index contributed by atoms with van der Waals surface area (Å²) in [7, 11) is -3.81. The Hall–Kier alpha value is -1.93. The van der Waals surface area contributed by atoms with E-state index in [1.807, 2.05) is 6.92 Å². The van der Waals surface area contributed by atoms with Crippen molar-refractivity contribution in [3.05, 3.63) is 29.3 Å². The summed E-state index contributed by atoms with van der Waals surface area (Å²) < 4.78 is 31.3. The van der Waals surface area contributed by atoms with Crippen molar-refractivity contribution < 1.29 is 22.7 Å². The minimum Gasteiger partial charge on any atom is -0.455 e. The highest BCUT2D eigenvalue weighted by Gasteiger charge is 2.18. The van der Waals surface area contributed by atoms with Gasteiger partial charge in [0.25, 0.3) is 5.91 Å². The van der Waals surface area contributed by atoms with Crippen molar-refractivity contribution in [2.45, 2.75) is 32.1 Å². The molecule has 1 amide bonds. The fourth-order valence-corrected chi connectivity index (χ4v) is 3.04. The van der Waals surface area contributed by atoms with E-state index in [1.54, 1.807) is 26.0 Å². The predicted octanol–water partition coefficient (Wildman–Crippen LogP) is 0.651. The van der Waals surface area contributed by atoms with E-state index in [2.05, 4.69) is 10.0 Å². The normalized spacial score (nSPS) is 11.1. The van der Waals surface area contributed by atoms with Gasteiger partial charge in [-0.2, -0.15) is 4.72 Å².